The van der Waals surface area contributed by atoms with E-state index in [9.17, 15) is 0 Å². The first-order valence-electron chi connectivity index (χ1n) is 10.2. The Labute approximate surface area is 202 Å². The molecule has 0 bridgehead atoms. The number of methoxy groups -OCH3 is 3. The van der Waals surface area contributed by atoms with Gasteiger partial charge in [-0.2, -0.15) is 0 Å². The van der Waals surface area contributed by atoms with E-state index < -0.39 is 0 Å². The molecule has 0 amide bonds. The number of thioether (sulfide) groups is 1. The molecule has 1 aromatic heterocycles. The van der Waals surface area contributed by atoms with Crippen molar-refractivity contribution < 1.29 is 14.2 Å². The van der Waals surface area contributed by atoms with Gasteiger partial charge in [0.15, 0.2) is 22.5 Å². The number of ether oxygens (including phenoxy) is 3. The van der Waals surface area contributed by atoms with Gasteiger partial charge in [-0.3, -0.25) is 4.57 Å². The summed E-state index contributed by atoms with van der Waals surface area (Å²) < 4.78 is 18.6. The number of aromatic nitrogens is 3. The van der Waals surface area contributed by atoms with Crippen LogP contribution in [-0.2, 0) is 5.75 Å². The van der Waals surface area contributed by atoms with Gasteiger partial charge in [0.05, 0.1) is 21.3 Å². The van der Waals surface area contributed by atoms with Crippen LogP contribution in [0.3, 0.4) is 0 Å². The first-order chi connectivity index (χ1) is 16.0. The molecule has 0 atom stereocenters. The van der Waals surface area contributed by atoms with Crippen molar-refractivity contribution in [3.63, 3.8) is 0 Å². The first-order valence-corrected chi connectivity index (χ1v) is 11.6. The van der Waals surface area contributed by atoms with E-state index in [0.717, 1.165) is 32.7 Å². The molecule has 0 spiro atoms. The van der Waals surface area contributed by atoms with Crippen LogP contribution in [0.2, 0.25) is 5.02 Å². The van der Waals surface area contributed by atoms with Gasteiger partial charge in [-0.15, -0.1) is 10.2 Å². The minimum absolute atomic E-state index is 0.530. The lowest BCUT2D eigenvalue weighted by Crippen LogP contribution is -2.01. The lowest BCUT2D eigenvalue weighted by molar-refractivity contribution is 0.324. The second-order valence-corrected chi connectivity index (χ2v) is 8.69. The Kier molecular flexibility index (Phi) is 7.11. The molecule has 0 saturated heterocycles. The molecule has 0 fully saturated rings. The summed E-state index contributed by atoms with van der Waals surface area (Å²) in [6.45, 7) is 2.06. The maximum absolute atomic E-state index is 6.03. The van der Waals surface area contributed by atoms with Crippen molar-refractivity contribution in [2.45, 2.75) is 17.8 Å². The Bertz CT molecular complexity index is 1220. The maximum atomic E-state index is 6.03. The van der Waals surface area contributed by atoms with Crippen LogP contribution in [0.5, 0.6) is 17.2 Å². The Morgan fingerprint density at radius 3 is 2.06 bits per heavy atom. The highest BCUT2D eigenvalue weighted by molar-refractivity contribution is 7.98. The summed E-state index contributed by atoms with van der Waals surface area (Å²) in [5.74, 6) is 3.05. The Morgan fingerprint density at radius 2 is 1.48 bits per heavy atom. The van der Waals surface area contributed by atoms with Crippen LogP contribution in [0.4, 0.5) is 0 Å². The number of aryl methyl sites for hydroxylation is 1. The first kappa shape index (κ1) is 23.0. The van der Waals surface area contributed by atoms with E-state index in [2.05, 4.69) is 41.4 Å². The van der Waals surface area contributed by atoms with Crippen molar-refractivity contribution in [1.82, 2.24) is 14.8 Å². The molecular weight excluding hydrogens is 458 g/mol. The van der Waals surface area contributed by atoms with Crippen LogP contribution in [0.1, 0.15) is 11.1 Å². The summed E-state index contributed by atoms with van der Waals surface area (Å²) in [7, 11) is 4.78. The fourth-order valence-electron chi connectivity index (χ4n) is 3.42. The molecule has 0 aliphatic rings. The number of benzene rings is 3. The van der Waals surface area contributed by atoms with E-state index in [0.29, 0.717) is 23.1 Å². The molecule has 4 rings (SSSR count). The molecule has 170 valence electrons. The predicted octanol–water partition coefficient (Wildman–Crippen LogP) is 6.21. The van der Waals surface area contributed by atoms with E-state index in [-0.39, 0.29) is 0 Å². The van der Waals surface area contributed by atoms with Gasteiger partial charge in [0.2, 0.25) is 5.75 Å². The maximum Gasteiger partial charge on any atom is 0.203 e. The van der Waals surface area contributed by atoms with Gasteiger partial charge < -0.3 is 14.2 Å². The summed E-state index contributed by atoms with van der Waals surface area (Å²) in [6, 6.07) is 19.8. The normalized spacial score (nSPS) is 10.8. The van der Waals surface area contributed by atoms with E-state index in [4.69, 9.17) is 25.8 Å². The molecule has 0 unspecified atom stereocenters. The fourth-order valence-corrected chi connectivity index (χ4v) is 4.45. The summed E-state index contributed by atoms with van der Waals surface area (Å²) in [5.41, 5.74) is 4.09. The zero-order valence-corrected chi connectivity index (χ0v) is 20.4. The Hall–Kier alpha value is -3.16. The van der Waals surface area contributed by atoms with E-state index >= 15 is 0 Å². The number of halogens is 1. The smallest absolute Gasteiger partial charge is 0.203 e. The monoisotopic (exact) mass is 481 g/mol. The third-order valence-corrected chi connectivity index (χ3v) is 6.38. The molecular formula is C25H24ClN3O3S. The predicted molar refractivity (Wildman–Crippen MR) is 132 cm³/mol. The topological polar surface area (TPSA) is 58.4 Å². The highest BCUT2D eigenvalue weighted by Crippen LogP contribution is 2.42. The van der Waals surface area contributed by atoms with Crippen molar-refractivity contribution in [1.29, 1.82) is 0 Å². The molecule has 33 heavy (non-hydrogen) atoms. The highest BCUT2D eigenvalue weighted by atomic mass is 35.5. The van der Waals surface area contributed by atoms with Crippen molar-refractivity contribution in [3.05, 3.63) is 76.8 Å². The number of nitrogens with zero attached hydrogens (tertiary/aromatic N) is 3. The number of hydrogen-bond donors (Lipinski definition) is 0. The van der Waals surface area contributed by atoms with Gasteiger partial charge in [0, 0.05) is 22.0 Å². The molecule has 0 radical (unpaired) electrons. The van der Waals surface area contributed by atoms with Gasteiger partial charge >= 0.3 is 0 Å². The SMILES string of the molecule is COc1cc(-c2nnc(SCc3ccc(Cl)cc3)n2-c2ccc(C)cc2)cc(OC)c1OC. The van der Waals surface area contributed by atoms with Gasteiger partial charge in [0.25, 0.3) is 0 Å². The van der Waals surface area contributed by atoms with Crippen molar-refractivity contribution in [2.24, 2.45) is 0 Å². The number of hydrogen-bond acceptors (Lipinski definition) is 6. The average Bonchev–Trinajstić information content (AvgIpc) is 3.27. The third kappa shape index (κ3) is 4.94. The quantitative estimate of drug-likeness (QED) is 0.279. The fraction of sp³-hybridized carbons (Fsp3) is 0.200. The van der Waals surface area contributed by atoms with Crippen molar-refractivity contribution >= 4 is 23.4 Å². The molecule has 6 nitrogen and oxygen atoms in total. The van der Waals surface area contributed by atoms with Crippen LogP contribution >= 0.6 is 23.4 Å². The van der Waals surface area contributed by atoms with E-state index in [1.807, 2.05) is 41.0 Å². The minimum atomic E-state index is 0.530. The molecule has 4 aromatic rings. The zero-order chi connectivity index (χ0) is 23.4. The lowest BCUT2D eigenvalue weighted by Gasteiger charge is -2.15. The lowest BCUT2D eigenvalue weighted by atomic mass is 10.1. The standard InChI is InChI=1S/C25H24ClN3O3S/c1-16-5-11-20(12-6-16)29-24(18-13-21(30-2)23(32-4)22(14-18)31-3)27-28-25(29)33-15-17-7-9-19(26)10-8-17/h5-14H,15H2,1-4H3. The van der Waals surface area contributed by atoms with Crippen LogP contribution in [-0.4, -0.2) is 36.1 Å². The van der Waals surface area contributed by atoms with Gasteiger partial charge in [-0.05, 0) is 48.9 Å². The van der Waals surface area contributed by atoms with Crippen LogP contribution in [0.25, 0.3) is 17.1 Å². The summed E-state index contributed by atoms with van der Waals surface area (Å²) in [5, 5.41) is 10.5. The van der Waals surface area contributed by atoms with Crippen LogP contribution in [0, 0.1) is 6.92 Å². The van der Waals surface area contributed by atoms with Crippen molar-refractivity contribution in [3.8, 4) is 34.3 Å². The number of rotatable bonds is 8. The van der Waals surface area contributed by atoms with Gasteiger partial charge in [-0.1, -0.05) is 53.2 Å². The summed E-state index contributed by atoms with van der Waals surface area (Å²) in [6.07, 6.45) is 0. The van der Waals surface area contributed by atoms with E-state index in [1.165, 1.54) is 5.56 Å². The second kappa shape index (κ2) is 10.2. The van der Waals surface area contributed by atoms with Gasteiger partial charge in [0.1, 0.15) is 0 Å². The Balaban J connectivity index is 1.80. The third-order valence-electron chi connectivity index (χ3n) is 5.13. The summed E-state index contributed by atoms with van der Waals surface area (Å²) in [4.78, 5) is 0. The van der Waals surface area contributed by atoms with Crippen LogP contribution < -0.4 is 14.2 Å². The molecule has 0 aliphatic heterocycles. The molecule has 3 aromatic carbocycles. The minimum Gasteiger partial charge on any atom is -0.493 e. The average molecular weight is 482 g/mol. The highest BCUT2D eigenvalue weighted by Gasteiger charge is 2.21. The van der Waals surface area contributed by atoms with Gasteiger partial charge in [-0.25, -0.2) is 0 Å². The zero-order valence-electron chi connectivity index (χ0n) is 18.8. The van der Waals surface area contributed by atoms with Crippen LogP contribution in [0.15, 0.2) is 65.8 Å². The molecule has 1 heterocycles. The molecule has 0 aliphatic carbocycles. The largest absolute Gasteiger partial charge is 0.493 e. The van der Waals surface area contributed by atoms with Crippen molar-refractivity contribution in [2.75, 3.05) is 21.3 Å². The summed E-state index contributed by atoms with van der Waals surface area (Å²) >= 11 is 7.63. The van der Waals surface area contributed by atoms with E-state index in [1.54, 1.807) is 33.1 Å². The molecule has 8 heteroatoms. The second-order valence-electron chi connectivity index (χ2n) is 7.31. The Morgan fingerprint density at radius 1 is 0.848 bits per heavy atom. The molecule has 0 saturated carbocycles. The molecule has 0 N–H and O–H groups in total.